The summed E-state index contributed by atoms with van der Waals surface area (Å²) in [7, 11) is 0. The fraction of sp³-hybridized carbons (Fsp3) is 0.278. The summed E-state index contributed by atoms with van der Waals surface area (Å²) in [5.41, 5.74) is -0.629. The van der Waals surface area contributed by atoms with Gasteiger partial charge in [0.1, 0.15) is 5.75 Å². The molecule has 2 rings (SSSR count). The first-order valence-electron chi connectivity index (χ1n) is 7.72. The standard InChI is InChI=1S/C18H17ClF3NO2/c1-2-3-9-25-16-8-7-13(19)11-15(16)17(24)23-14-6-4-5-12(10-14)18(20,21)22/h4-8,10-11H,2-3,9H2,1H3,(H,23,24). The number of rotatable bonds is 6. The molecule has 2 aromatic rings. The van der Waals surface area contributed by atoms with Crippen LogP contribution in [-0.4, -0.2) is 12.5 Å². The highest BCUT2D eigenvalue weighted by Crippen LogP contribution is 2.31. The van der Waals surface area contributed by atoms with E-state index in [2.05, 4.69) is 5.32 Å². The zero-order chi connectivity index (χ0) is 18.4. The summed E-state index contributed by atoms with van der Waals surface area (Å²) in [5, 5.41) is 2.78. The highest BCUT2D eigenvalue weighted by atomic mass is 35.5. The van der Waals surface area contributed by atoms with Crippen LogP contribution in [0.3, 0.4) is 0 Å². The maximum Gasteiger partial charge on any atom is 0.416 e. The molecule has 0 saturated heterocycles. The number of carbonyl (C=O) groups is 1. The van der Waals surface area contributed by atoms with Gasteiger partial charge in [0.05, 0.1) is 17.7 Å². The summed E-state index contributed by atoms with van der Waals surface area (Å²) in [4.78, 5) is 12.4. The van der Waals surface area contributed by atoms with Crippen molar-refractivity contribution in [2.24, 2.45) is 0 Å². The number of hydrogen-bond acceptors (Lipinski definition) is 2. The summed E-state index contributed by atoms with van der Waals surface area (Å²) in [6.45, 7) is 2.44. The Morgan fingerprint density at radius 1 is 1.20 bits per heavy atom. The molecular weight excluding hydrogens is 355 g/mol. The quantitative estimate of drug-likeness (QED) is 0.652. The molecule has 1 amide bonds. The van der Waals surface area contributed by atoms with Gasteiger partial charge in [0.2, 0.25) is 0 Å². The second-order valence-electron chi connectivity index (χ2n) is 5.38. The van der Waals surface area contributed by atoms with Crippen LogP contribution in [0.5, 0.6) is 5.75 Å². The van der Waals surface area contributed by atoms with Crippen molar-refractivity contribution in [2.45, 2.75) is 25.9 Å². The Balaban J connectivity index is 2.22. The Bertz CT molecular complexity index is 747. The highest BCUT2D eigenvalue weighted by Gasteiger charge is 2.30. The van der Waals surface area contributed by atoms with E-state index < -0.39 is 17.6 Å². The average molecular weight is 372 g/mol. The number of halogens is 4. The summed E-state index contributed by atoms with van der Waals surface area (Å²) in [5.74, 6) is -0.254. The van der Waals surface area contributed by atoms with E-state index in [1.807, 2.05) is 6.92 Å². The van der Waals surface area contributed by atoms with Crippen molar-refractivity contribution in [3.63, 3.8) is 0 Å². The summed E-state index contributed by atoms with van der Waals surface area (Å²) >= 11 is 5.93. The first-order chi connectivity index (χ1) is 11.8. The van der Waals surface area contributed by atoms with Gasteiger partial charge in [-0.25, -0.2) is 0 Å². The molecule has 0 fully saturated rings. The van der Waals surface area contributed by atoms with E-state index in [9.17, 15) is 18.0 Å². The molecule has 25 heavy (non-hydrogen) atoms. The van der Waals surface area contributed by atoms with Crippen molar-refractivity contribution in [3.05, 3.63) is 58.6 Å². The van der Waals surface area contributed by atoms with Crippen LogP contribution in [0.15, 0.2) is 42.5 Å². The lowest BCUT2D eigenvalue weighted by Gasteiger charge is -2.13. The average Bonchev–Trinajstić information content (AvgIpc) is 2.56. The molecule has 0 unspecified atom stereocenters. The van der Waals surface area contributed by atoms with Crippen molar-refractivity contribution >= 4 is 23.2 Å². The summed E-state index contributed by atoms with van der Waals surface area (Å²) in [6, 6.07) is 9.01. The van der Waals surface area contributed by atoms with E-state index in [0.717, 1.165) is 25.0 Å². The molecule has 0 aliphatic rings. The molecule has 3 nitrogen and oxygen atoms in total. The number of carbonyl (C=O) groups excluding carboxylic acids is 1. The number of anilines is 1. The van der Waals surface area contributed by atoms with Crippen molar-refractivity contribution in [1.29, 1.82) is 0 Å². The topological polar surface area (TPSA) is 38.3 Å². The lowest BCUT2D eigenvalue weighted by atomic mass is 10.1. The first-order valence-corrected chi connectivity index (χ1v) is 8.10. The third-order valence-corrected chi connectivity index (χ3v) is 3.62. The number of amides is 1. The van der Waals surface area contributed by atoms with Crippen LogP contribution < -0.4 is 10.1 Å². The number of unbranched alkanes of at least 4 members (excludes halogenated alkanes) is 1. The number of ether oxygens (including phenoxy) is 1. The Hall–Kier alpha value is -2.21. The van der Waals surface area contributed by atoms with Crippen LogP contribution in [0.1, 0.15) is 35.7 Å². The Morgan fingerprint density at radius 2 is 1.96 bits per heavy atom. The predicted molar refractivity (Wildman–Crippen MR) is 91.3 cm³/mol. The van der Waals surface area contributed by atoms with Crippen molar-refractivity contribution in [2.75, 3.05) is 11.9 Å². The largest absolute Gasteiger partial charge is 0.493 e. The molecule has 134 valence electrons. The molecule has 0 heterocycles. The third kappa shape index (κ3) is 5.39. The van der Waals surface area contributed by atoms with Crippen LogP contribution in [0.25, 0.3) is 0 Å². The number of nitrogens with one attached hydrogen (secondary N) is 1. The Labute approximate surface area is 148 Å². The minimum Gasteiger partial charge on any atom is -0.493 e. The van der Waals surface area contributed by atoms with Gasteiger partial charge in [-0.3, -0.25) is 4.79 Å². The molecule has 2 aromatic carbocycles. The minimum absolute atomic E-state index is 0.0410. The number of hydrogen-bond donors (Lipinski definition) is 1. The summed E-state index contributed by atoms with van der Waals surface area (Å²) < 4.78 is 43.9. The molecule has 0 saturated carbocycles. The van der Waals surface area contributed by atoms with Gasteiger partial charge in [-0.2, -0.15) is 13.2 Å². The predicted octanol–water partition coefficient (Wildman–Crippen LogP) is 5.79. The zero-order valence-electron chi connectivity index (χ0n) is 13.5. The van der Waals surface area contributed by atoms with Gasteiger partial charge < -0.3 is 10.1 Å². The molecule has 1 N–H and O–H groups in total. The summed E-state index contributed by atoms with van der Waals surface area (Å²) in [6.07, 6.45) is -2.73. The van der Waals surface area contributed by atoms with Crippen molar-refractivity contribution in [1.82, 2.24) is 0 Å². The van der Waals surface area contributed by atoms with Gasteiger partial charge in [0.15, 0.2) is 0 Å². The molecule has 0 bridgehead atoms. The van der Waals surface area contributed by atoms with Gasteiger partial charge in [0.25, 0.3) is 5.91 Å². The molecule has 0 radical (unpaired) electrons. The van der Waals surface area contributed by atoms with Crippen molar-refractivity contribution < 1.29 is 22.7 Å². The van der Waals surface area contributed by atoms with Crippen LogP contribution in [0, 0.1) is 0 Å². The second kappa shape index (κ2) is 8.25. The fourth-order valence-electron chi connectivity index (χ4n) is 2.10. The van der Waals surface area contributed by atoms with Gasteiger partial charge in [-0.1, -0.05) is 31.0 Å². The molecule has 0 aliphatic heterocycles. The van der Waals surface area contributed by atoms with Crippen LogP contribution >= 0.6 is 11.6 Å². The Morgan fingerprint density at radius 3 is 2.64 bits per heavy atom. The molecule has 0 aliphatic carbocycles. The molecule has 7 heteroatoms. The normalized spacial score (nSPS) is 11.2. The van der Waals surface area contributed by atoms with E-state index in [4.69, 9.17) is 16.3 Å². The van der Waals surface area contributed by atoms with E-state index >= 15 is 0 Å². The van der Waals surface area contributed by atoms with E-state index in [-0.39, 0.29) is 11.3 Å². The lowest BCUT2D eigenvalue weighted by molar-refractivity contribution is -0.137. The van der Waals surface area contributed by atoms with Crippen LogP contribution in [-0.2, 0) is 6.18 Å². The lowest BCUT2D eigenvalue weighted by Crippen LogP contribution is -2.15. The van der Waals surface area contributed by atoms with Crippen LogP contribution in [0.4, 0.5) is 18.9 Å². The molecular formula is C18H17ClF3NO2. The van der Waals surface area contributed by atoms with E-state index in [1.165, 1.54) is 18.2 Å². The van der Waals surface area contributed by atoms with Gasteiger partial charge in [-0.05, 0) is 42.8 Å². The van der Waals surface area contributed by atoms with Gasteiger partial charge in [0, 0.05) is 10.7 Å². The second-order valence-corrected chi connectivity index (χ2v) is 5.81. The smallest absolute Gasteiger partial charge is 0.416 e. The maximum absolute atomic E-state index is 12.8. The molecule has 0 atom stereocenters. The fourth-order valence-corrected chi connectivity index (χ4v) is 2.28. The van der Waals surface area contributed by atoms with Gasteiger partial charge >= 0.3 is 6.18 Å². The van der Waals surface area contributed by atoms with E-state index in [1.54, 1.807) is 12.1 Å². The maximum atomic E-state index is 12.8. The number of benzene rings is 2. The zero-order valence-corrected chi connectivity index (χ0v) is 14.2. The van der Waals surface area contributed by atoms with Crippen LogP contribution in [0.2, 0.25) is 5.02 Å². The first kappa shape index (κ1) is 19.1. The number of alkyl halides is 3. The van der Waals surface area contributed by atoms with E-state index in [0.29, 0.717) is 17.4 Å². The van der Waals surface area contributed by atoms with Crippen molar-refractivity contribution in [3.8, 4) is 5.75 Å². The monoisotopic (exact) mass is 371 g/mol. The SMILES string of the molecule is CCCCOc1ccc(Cl)cc1C(=O)Nc1cccc(C(F)(F)F)c1. The minimum atomic E-state index is -4.48. The Kier molecular flexibility index (Phi) is 6.31. The van der Waals surface area contributed by atoms with Gasteiger partial charge in [-0.15, -0.1) is 0 Å². The molecule has 0 aromatic heterocycles. The highest BCUT2D eigenvalue weighted by molar-refractivity contribution is 6.31. The molecule has 0 spiro atoms. The third-order valence-electron chi connectivity index (χ3n) is 3.39.